The van der Waals surface area contributed by atoms with Gasteiger partial charge in [0.05, 0.1) is 18.3 Å². The predicted octanol–water partition coefficient (Wildman–Crippen LogP) is -1.80. The van der Waals surface area contributed by atoms with Crippen molar-refractivity contribution in [2.24, 2.45) is 0 Å². The zero-order chi connectivity index (χ0) is 16.8. The molecule has 0 saturated carbocycles. The van der Waals surface area contributed by atoms with Gasteiger partial charge in [-0.05, 0) is 20.8 Å². The Kier molecular flexibility index (Phi) is 14.1. The third-order valence-corrected chi connectivity index (χ3v) is 3.05. The molecule has 134 valence electrons. The van der Waals surface area contributed by atoms with Crippen LogP contribution in [0.1, 0.15) is 20.8 Å². The topological polar surface area (TPSA) is 100 Å². The molecule has 22 heavy (non-hydrogen) atoms. The summed E-state index contributed by atoms with van der Waals surface area (Å²) in [5.41, 5.74) is 0. The first-order valence-corrected chi connectivity index (χ1v) is 8.30. The highest BCUT2D eigenvalue weighted by Gasteiger charge is 2.10. The summed E-state index contributed by atoms with van der Waals surface area (Å²) in [6, 6.07) is 0. The second kappa shape index (κ2) is 14.3. The van der Waals surface area contributed by atoms with E-state index in [1.165, 1.54) is 0 Å². The van der Waals surface area contributed by atoms with Crippen molar-refractivity contribution in [1.29, 1.82) is 0 Å². The van der Waals surface area contributed by atoms with Crippen molar-refractivity contribution in [3.05, 3.63) is 0 Å². The molecule has 0 saturated heterocycles. The lowest BCUT2D eigenvalue weighted by atomic mass is 10.3. The van der Waals surface area contributed by atoms with Gasteiger partial charge < -0.3 is 31.3 Å². The van der Waals surface area contributed by atoms with Gasteiger partial charge in [0.25, 0.3) is 0 Å². The van der Waals surface area contributed by atoms with Crippen LogP contribution in [0.15, 0.2) is 0 Å². The van der Waals surface area contributed by atoms with Crippen molar-refractivity contribution >= 4 is 0 Å². The van der Waals surface area contributed by atoms with Gasteiger partial charge in [0.15, 0.2) is 0 Å². The number of nitrogens with one attached hydrogen (secondary N) is 3. The van der Waals surface area contributed by atoms with E-state index in [4.69, 9.17) is 5.11 Å². The summed E-state index contributed by atoms with van der Waals surface area (Å²) in [6.07, 6.45) is -1.06. The van der Waals surface area contributed by atoms with Crippen LogP contribution in [0.25, 0.3) is 0 Å². The molecule has 0 spiro atoms. The molecule has 0 amide bonds. The van der Waals surface area contributed by atoms with E-state index in [-0.39, 0.29) is 18.3 Å². The lowest BCUT2D eigenvalue weighted by molar-refractivity contribution is 0.0842. The van der Waals surface area contributed by atoms with E-state index in [1.54, 1.807) is 20.8 Å². The quantitative estimate of drug-likeness (QED) is 0.198. The fourth-order valence-corrected chi connectivity index (χ4v) is 2.16. The van der Waals surface area contributed by atoms with Gasteiger partial charge in [-0.3, -0.25) is 4.90 Å². The van der Waals surface area contributed by atoms with E-state index in [0.29, 0.717) is 19.6 Å². The molecule has 0 heterocycles. The van der Waals surface area contributed by atoms with Crippen LogP contribution in [-0.2, 0) is 0 Å². The number of nitrogens with zero attached hydrogens (tertiary/aromatic N) is 1. The highest BCUT2D eigenvalue weighted by molar-refractivity contribution is 4.66. The Hall–Kier alpha value is -0.280. The van der Waals surface area contributed by atoms with Crippen LogP contribution >= 0.6 is 0 Å². The van der Waals surface area contributed by atoms with Gasteiger partial charge in [0.2, 0.25) is 0 Å². The van der Waals surface area contributed by atoms with Crippen LogP contribution < -0.4 is 16.0 Å². The molecule has 0 fully saturated rings. The Morgan fingerprint density at radius 2 is 1.14 bits per heavy atom. The SMILES string of the molecule is CC(O)CNCCNCCNCCN(CC(C)O)CC(C)O. The summed E-state index contributed by atoms with van der Waals surface area (Å²) in [5, 5.41) is 37.8. The zero-order valence-corrected chi connectivity index (χ0v) is 14.4. The first-order valence-electron chi connectivity index (χ1n) is 8.30. The molecule has 0 radical (unpaired) electrons. The Balaban J connectivity index is 3.45. The van der Waals surface area contributed by atoms with Crippen molar-refractivity contribution in [3.8, 4) is 0 Å². The smallest absolute Gasteiger partial charge is 0.0639 e. The summed E-state index contributed by atoms with van der Waals surface area (Å²) in [4.78, 5) is 2.07. The Bertz CT molecular complexity index is 231. The van der Waals surface area contributed by atoms with Gasteiger partial charge >= 0.3 is 0 Å². The minimum atomic E-state index is -0.380. The first kappa shape index (κ1) is 21.7. The monoisotopic (exact) mass is 320 g/mol. The number of hydrogen-bond donors (Lipinski definition) is 6. The Morgan fingerprint density at radius 1 is 0.682 bits per heavy atom. The van der Waals surface area contributed by atoms with Crippen LogP contribution in [0.2, 0.25) is 0 Å². The van der Waals surface area contributed by atoms with Gasteiger partial charge in [-0.1, -0.05) is 0 Å². The molecule has 0 bridgehead atoms. The third-order valence-electron chi connectivity index (χ3n) is 3.05. The van der Waals surface area contributed by atoms with E-state index in [9.17, 15) is 10.2 Å². The van der Waals surface area contributed by atoms with Crippen molar-refractivity contribution in [1.82, 2.24) is 20.9 Å². The van der Waals surface area contributed by atoms with Crippen molar-refractivity contribution in [3.63, 3.8) is 0 Å². The second-order valence-corrected chi connectivity index (χ2v) is 6.01. The molecular weight excluding hydrogens is 284 g/mol. The number of rotatable bonds is 15. The maximum absolute atomic E-state index is 9.44. The molecule has 0 aromatic heterocycles. The van der Waals surface area contributed by atoms with Crippen molar-refractivity contribution in [2.45, 2.75) is 39.1 Å². The number of aliphatic hydroxyl groups excluding tert-OH is 3. The zero-order valence-electron chi connectivity index (χ0n) is 14.4. The van der Waals surface area contributed by atoms with Gasteiger partial charge in [0.1, 0.15) is 0 Å². The highest BCUT2D eigenvalue weighted by Crippen LogP contribution is 1.94. The molecule has 0 aromatic rings. The third kappa shape index (κ3) is 16.1. The maximum atomic E-state index is 9.44. The summed E-state index contributed by atoms with van der Waals surface area (Å²) in [7, 11) is 0. The van der Waals surface area contributed by atoms with Crippen LogP contribution in [0.4, 0.5) is 0 Å². The summed E-state index contributed by atoms with van der Waals surface area (Å²) in [6.45, 7) is 12.2. The van der Waals surface area contributed by atoms with E-state index < -0.39 is 0 Å². The maximum Gasteiger partial charge on any atom is 0.0639 e. The first-order chi connectivity index (χ1) is 10.4. The van der Waals surface area contributed by atoms with E-state index in [1.807, 2.05) is 0 Å². The van der Waals surface area contributed by atoms with E-state index in [0.717, 1.165) is 39.3 Å². The summed E-state index contributed by atoms with van der Waals surface area (Å²) in [5.74, 6) is 0. The van der Waals surface area contributed by atoms with Gasteiger partial charge in [-0.2, -0.15) is 0 Å². The molecule has 0 aliphatic heterocycles. The van der Waals surface area contributed by atoms with Gasteiger partial charge in [-0.25, -0.2) is 0 Å². The fourth-order valence-electron chi connectivity index (χ4n) is 2.16. The van der Waals surface area contributed by atoms with E-state index in [2.05, 4.69) is 20.9 Å². The molecule has 7 heteroatoms. The van der Waals surface area contributed by atoms with Crippen molar-refractivity contribution < 1.29 is 15.3 Å². The van der Waals surface area contributed by atoms with E-state index >= 15 is 0 Å². The van der Waals surface area contributed by atoms with Crippen LogP contribution in [0, 0.1) is 0 Å². The molecule has 0 aromatic carbocycles. The normalized spacial score (nSPS) is 16.0. The molecule has 0 aliphatic carbocycles. The van der Waals surface area contributed by atoms with Gasteiger partial charge in [0, 0.05) is 58.9 Å². The molecule has 7 nitrogen and oxygen atoms in total. The van der Waals surface area contributed by atoms with Crippen molar-refractivity contribution in [2.75, 3.05) is 58.9 Å². The summed E-state index contributed by atoms with van der Waals surface area (Å²) < 4.78 is 0. The minimum Gasteiger partial charge on any atom is -0.392 e. The lowest BCUT2D eigenvalue weighted by Crippen LogP contribution is -2.41. The average Bonchev–Trinajstić information content (AvgIpc) is 2.39. The molecule has 0 rings (SSSR count). The summed E-state index contributed by atoms with van der Waals surface area (Å²) >= 11 is 0. The van der Waals surface area contributed by atoms with Gasteiger partial charge in [-0.15, -0.1) is 0 Å². The number of hydrogen-bond acceptors (Lipinski definition) is 7. The standard InChI is InChI=1S/C15H36N4O3/c1-13(20)10-18-7-6-16-4-5-17-8-9-19(11-14(2)21)12-15(3)22/h13-18,20-22H,4-12H2,1-3H3. The average molecular weight is 320 g/mol. The molecule has 3 atom stereocenters. The van der Waals surface area contributed by atoms with Crippen LogP contribution in [-0.4, -0.2) is 97.4 Å². The molecule has 0 aliphatic rings. The second-order valence-electron chi connectivity index (χ2n) is 6.01. The number of aliphatic hydroxyl groups is 3. The fraction of sp³-hybridized carbons (Fsp3) is 1.00. The lowest BCUT2D eigenvalue weighted by Gasteiger charge is -2.25. The van der Waals surface area contributed by atoms with Crippen LogP contribution in [0.3, 0.4) is 0 Å². The molecule has 3 unspecified atom stereocenters. The Labute approximate surface area is 135 Å². The highest BCUT2D eigenvalue weighted by atomic mass is 16.3. The predicted molar refractivity (Wildman–Crippen MR) is 90.1 cm³/mol. The molecular formula is C15H36N4O3. The van der Waals surface area contributed by atoms with Crippen LogP contribution in [0.5, 0.6) is 0 Å². The largest absolute Gasteiger partial charge is 0.392 e. The molecule has 6 N–H and O–H groups in total. The Morgan fingerprint density at radius 3 is 1.59 bits per heavy atom. The minimum absolute atomic E-state index is 0.298.